The Morgan fingerprint density at radius 1 is 1.16 bits per heavy atom. The van der Waals surface area contributed by atoms with Crippen LogP contribution in [0.3, 0.4) is 0 Å². The van der Waals surface area contributed by atoms with Crippen molar-refractivity contribution >= 4 is 45.3 Å². The lowest BCUT2D eigenvalue weighted by Crippen LogP contribution is -2.27. The van der Waals surface area contributed by atoms with Gasteiger partial charge in [0.1, 0.15) is 17.6 Å². The molecule has 0 aliphatic carbocycles. The summed E-state index contributed by atoms with van der Waals surface area (Å²) in [5.41, 5.74) is 1.43. The number of carbonyl (C=O) groups is 1. The Kier molecular flexibility index (Phi) is 3.74. The first-order valence-electron chi connectivity index (χ1n) is 7.54. The van der Waals surface area contributed by atoms with Gasteiger partial charge in [0.25, 0.3) is 5.56 Å². The Morgan fingerprint density at radius 2 is 1.92 bits per heavy atom. The molecule has 0 radical (unpaired) electrons. The Balaban J connectivity index is 1.64. The highest BCUT2D eigenvalue weighted by atomic mass is 35.5. The van der Waals surface area contributed by atoms with Gasteiger partial charge in [-0.1, -0.05) is 23.7 Å². The fraction of sp³-hybridized carbons (Fsp3) is 0.0556. The van der Waals surface area contributed by atoms with E-state index < -0.39 is 5.56 Å². The van der Waals surface area contributed by atoms with E-state index in [-0.39, 0.29) is 18.0 Å². The maximum atomic E-state index is 12.6. The standard InChI is InChI=1S/C18H12ClN3O3/c19-11-5-7-12(8-6-11)21-15(23)9-22-10-20-16-13-3-1-2-4-14(13)25-17(16)18(22)24/h1-8,10H,9H2,(H,21,23). The third-order valence-electron chi connectivity index (χ3n) is 3.79. The molecule has 4 rings (SSSR count). The minimum absolute atomic E-state index is 0.142. The zero-order valence-corrected chi connectivity index (χ0v) is 13.7. The van der Waals surface area contributed by atoms with Crippen LogP contribution in [-0.4, -0.2) is 15.5 Å². The minimum Gasteiger partial charge on any atom is -0.448 e. The fourth-order valence-corrected chi connectivity index (χ4v) is 2.74. The van der Waals surface area contributed by atoms with Crippen molar-refractivity contribution in [3.8, 4) is 0 Å². The van der Waals surface area contributed by atoms with Gasteiger partial charge in [0.15, 0.2) is 0 Å². The predicted octanol–water partition coefficient (Wildman–Crippen LogP) is 3.43. The van der Waals surface area contributed by atoms with Gasteiger partial charge in [-0.15, -0.1) is 0 Å². The number of para-hydroxylation sites is 1. The van der Waals surface area contributed by atoms with Gasteiger partial charge in [-0.3, -0.25) is 14.2 Å². The molecule has 0 aliphatic heterocycles. The molecule has 4 aromatic rings. The molecule has 0 bridgehead atoms. The summed E-state index contributed by atoms with van der Waals surface area (Å²) in [7, 11) is 0. The highest BCUT2D eigenvalue weighted by Crippen LogP contribution is 2.24. The maximum Gasteiger partial charge on any atom is 0.297 e. The molecular weight excluding hydrogens is 342 g/mol. The number of hydrogen-bond donors (Lipinski definition) is 1. The smallest absolute Gasteiger partial charge is 0.297 e. The number of halogens is 1. The number of aromatic nitrogens is 2. The molecule has 7 heteroatoms. The van der Waals surface area contributed by atoms with Crippen LogP contribution in [0.25, 0.3) is 22.1 Å². The maximum absolute atomic E-state index is 12.6. The minimum atomic E-state index is -0.396. The normalized spacial score (nSPS) is 11.1. The lowest BCUT2D eigenvalue weighted by molar-refractivity contribution is -0.116. The van der Waals surface area contributed by atoms with Crippen LogP contribution in [0.5, 0.6) is 0 Å². The number of anilines is 1. The van der Waals surface area contributed by atoms with Crippen LogP contribution in [0.4, 0.5) is 5.69 Å². The number of benzene rings is 2. The third kappa shape index (κ3) is 2.88. The second kappa shape index (κ2) is 6.07. The van der Waals surface area contributed by atoms with Gasteiger partial charge in [0.05, 0.1) is 6.33 Å². The second-order valence-corrected chi connectivity index (χ2v) is 5.95. The van der Waals surface area contributed by atoms with Gasteiger partial charge < -0.3 is 9.73 Å². The first kappa shape index (κ1) is 15.4. The molecule has 25 heavy (non-hydrogen) atoms. The molecule has 0 aliphatic rings. The van der Waals surface area contributed by atoms with Crippen LogP contribution < -0.4 is 10.9 Å². The van der Waals surface area contributed by atoms with Crippen LogP contribution in [0.1, 0.15) is 0 Å². The first-order chi connectivity index (χ1) is 12.1. The van der Waals surface area contributed by atoms with Crippen molar-refractivity contribution in [2.75, 3.05) is 5.32 Å². The van der Waals surface area contributed by atoms with Crippen molar-refractivity contribution in [2.45, 2.75) is 6.54 Å². The molecule has 0 saturated heterocycles. The third-order valence-corrected chi connectivity index (χ3v) is 4.04. The molecule has 0 fully saturated rings. The molecule has 2 heterocycles. The molecule has 0 unspecified atom stereocenters. The summed E-state index contributed by atoms with van der Waals surface area (Å²) in [6, 6.07) is 14.0. The van der Waals surface area contributed by atoms with Gasteiger partial charge in [-0.25, -0.2) is 4.98 Å². The highest BCUT2D eigenvalue weighted by molar-refractivity contribution is 6.30. The Hall–Kier alpha value is -3.12. The molecule has 1 N–H and O–H groups in total. The summed E-state index contributed by atoms with van der Waals surface area (Å²) in [5.74, 6) is -0.346. The molecular formula is C18H12ClN3O3. The van der Waals surface area contributed by atoms with Gasteiger partial charge >= 0.3 is 0 Å². The number of furan rings is 1. The van der Waals surface area contributed by atoms with Gasteiger partial charge in [-0.2, -0.15) is 0 Å². The summed E-state index contributed by atoms with van der Waals surface area (Å²) in [4.78, 5) is 29.0. The summed E-state index contributed by atoms with van der Waals surface area (Å²) in [6.45, 7) is -0.165. The topological polar surface area (TPSA) is 77.1 Å². The largest absolute Gasteiger partial charge is 0.448 e. The second-order valence-electron chi connectivity index (χ2n) is 5.51. The van der Waals surface area contributed by atoms with Crippen molar-refractivity contribution in [3.05, 3.63) is 70.2 Å². The van der Waals surface area contributed by atoms with E-state index in [0.29, 0.717) is 21.8 Å². The zero-order valence-electron chi connectivity index (χ0n) is 12.9. The summed E-state index contributed by atoms with van der Waals surface area (Å²) < 4.78 is 6.81. The lowest BCUT2D eigenvalue weighted by atomic mass is 10.2. The van der Waals surface area contributed by atoms with Crippen molar-refractivity contribution in [3.63, 3.8) is 0 Å². The molecule has 6 nitrogen and oxygen atoms in total. The number of carbonyl (C=O) groups excluding carboxylic acids is 1. The lowest BCUT2D eigenvalue weighted by Gasteiger charge is -2.07. The van der Waals surface area contributed by atoms with Crippen molar-refractivity contribution < 1.29 is 9.21 Å². The average Bonchev–Trinajstić information content (AvgIpc) is 2.99. The number of nitrogens with zero attached hydrogens (tertiary/aromatic N) is 2. The Labute approximate surface area is 146 Å². The van der Waals surface area contributed by atoms with Crippen molar-refractivity contribution in [1.82, 2.24) is 9.55 Å². The van der Waals surface area contributed by atoms with E-state index in [1.807, 2.05) is 18.2 Å². The summed E-state index contributed by atoms with van der Waals surface area (Å²) in [5, 5.41) is 4.05. The summed E-state index contributed by atoms with van der Waals surface area (Å²) >= 11 is 5.81. The van der Waals surface area contributed by atoms with E-state index in [1.54, 1.807) is 30.3 Å². The number of hydrogen-bond acceptors (Lipinski definition) is 4. The van der Waals surface area contributed by atoms with E-state index >= 15 is 0 Å². The van der Waals surface area contributed by atoms with E-state index in [4.69, 9.17) is 16.0 Å². The average molecular weight is 354 g/mol. The molecule has 124 valence electrons. The molecule has 0 atom stereocenters. The van der Waals surface area contributed by atoms with E-state index in [2.05, 4.69) is 10.3 Å². The number of fused-ring (bicyclic) bond motifs is 3. The predicted molar refractivity (Wildman–Crippen MR) is 95.9 cm³/mol. The van der Waals surface area contributed by atoms with Crippen LogP contribution >= 0.6 is 11.6 Å². The number of rotatable bonds is 3. The molecule has 2 aromatic carbocycles. The highest BCUT2D eigenvalue weighted by Gasteiger charge is 2.14. The Morgan fingerprint density at radius 3 is 2.72 bits per heavy atom. The van der Waals surface area contributed by atoms with Gasteiger partial charge in [-0.05, 0) is 36.4 Å². The zero-order chi connectivity index (χ0) is 17.4. The summed E-state index contributed by atoms with van der Waals surface area (Å²) in [6.07, 6.45) is 1.36. The molecule has 2 aromatic heterocycles. The van der Waals surface area contributed by atoms with Crippen molar-refractivity contribution in [1.29, 1.82) is 0 Å². The fourth-order valence-electron chi connectivity index (χ4n) is 2.62. The number of amides is 1. The van der Waals surface area contributed by atoms with Gasteiger partial charge in [0, 0.05) is 16.1 Å². The van der Waals surface area contributed by atoms with E-state index in [1.165, 1.54) is 10.9 Å². The van der Waals surface area contributed by atoms with Crippen LogP contribution in [0, 0.1) is 0 Å². The van der Waals surface area contributed by atoms with Crippen LogP contribution in [0.15, 0.2) is 64.1 Å². The SMILES string of the molecule is O=C(Cn1cnc2c(oc3ccccc32)c1=O)Nc1ccc(Cl)cc1. The monoisotopic (exact) mass is 353 g/mol. The molecule has 1 amide bonds. The van der Waals surface area contributed by atoms with E-state index in [9.17, 15) is 9.59 Å². The molecule has 0 saturated carbocycles. The van der Waals surface area contributed by atoms with Crippen LogP contribution in [0.2, 0.25) is 5.02 Å². The Bertz CT molecular complexity index is 1150. The van der Waals surface area contributed by atoms with Gasteiger partial charge in [0.2, 0.25) is 11.5 Å². The molecule has 0 spiro atoms. The first-order valence-corrected chi connectivity index (χ1v) is 7.92. The van der Waals surface area contributed by atoms with E-state index in [0.717, 1.165) is 5.39 Å². The van der Waals surface area contributed by atoms with Crippen molar-refractivity contribution in [2.24, 2.45) is 0 Å². The van der Waals surface area contributed by atoms with Crippen LogP contribution in [-0.2, 0) is 11.3 Å². The number of nitrogens with one attached hydrogen (secondary N) is 1. The quantitative estimate of drug-likeness (QED) is 0.612.